The first-order valence-corrected chi connectivity index (χ1v) is 12.9. The van der Waals surface area contributed by atoms with Crippen LogP contribution in [0, 0.1) is 5.92 Å². The largest absolute Gasteiger partial charge is 0.497 e. The smallest absolute Gasteiger partial charge is 0.309 e. The number of methoxy groups -OCH3 is 1. The van der Waals surface area contributed by atoms with Gasteiger partial charge in [-0.3, -0.25) is 4.79 Å². The molecule has 0 saturated carbocycles. The lowest BCUT2D eigenvalue weighted by molar-refractivity contribution is -0.132. The molecule has 0 aliphatic heterocycles. The molecule has 182 valence electrons. The number of ether oxygens (including phenoxy) is 2. The molecular weight excluding hydrogens is 454 g/mol. The van der Waals surface area contributed by atoms with Gasteiger partial charge in [-0.1, -0.05) is 76.2 Å². The Labute approximate surface area is 211 Å². The summed E-state index contributed by atoms with van der Waals surface area (Å²) in [7, 11) is 1.68. The van der Waals surface area contributed by atoms with Crippen LogP contribution < -0.4 is 9.47 Å². The topological polar surface area (TPSA) is 48.4 Å². The Balaban J connectivity index is 1.66. The van der Waals surface area contributed by atoms with Crippen molar-refractivity contribution in [1.82, 2.24) is 4.98 Å². The number of benzene rings is 3. The maximum absolute atomic E-state index is 11.9. The third-order valence-electron chi connectivity index (χ3n) is 6.34. The van der Waals surface area contributed by atoms with Crippen LogP contribution in [-0.2, 0) is 11.2 Å². The number of hydrogen-bond donors (Lipinski definition) is 0. The van der Waals surface area contributed by atoms with Crippen LogP contribution in [0.4, 0.5) is 0 Å². The fourth-order valence-electron chi connectivity index (χ4n) is 4.35. The van der Waals surface area contributed by atoms with Crippen molar-refractivity contribution in [3.8, 4) is 11.6 Å². The fourth-order valence-corrected chi connectivity index (χ4v) is 5.50. The van der Waals surface area contributed by atoms with Gasteiger partial charge in [-0.15, -0.1) is 11.3 Å². The summed E-state index contributed by atoms with van der Waals surface area (Å²) in [4.78, 5) is 17.6. The SMILES string of the molecule is COc1ccc2cc(C(C)c3sc(C(C)c4ccc(CC(C)C)cc4)nc3OC(C)=O)ccc2c1. The lowest BCUT2D eigenvalue weighted by Gasteiger charge is -2.13. The van der Waals surface area contributed by atoms with Gasteiger partial charge in [0.1, 0.15) is 10.8 Å². The van der Waals surface area contributed by atoms with Gasteiger partial charge in [0.25, 0.3) is 0 Å². The first-order chi connectivity index (χ1) is 16.7. The Morgan fingerprint density at radius 1 is 0.886 bits per heavy atom. The van der Waals surface area contributed by atoms with Gasteiger partial charge >= 0.3 is 5.97 Å². The number of aromatic nitrogens is 1. The minimum absolute atomic E-state index is 0.0303. The zero-order chi connectivity index (χ0) is 25.1. The van der Waals surface area contributed by atoms with Gasteiger partial charge in [-0.2, -0.15) is 0 Å². The van der Waals surface area contributed by atoms with Crippen molar-refractivity contribution in [3.05, 3.63) is 87.2 Å². The molecule has 4 nitrogen and oxygen atoms in total. The van der Waals surface area contributed by atoms with E-state index in [4.69, 9.17) is 14.5 Å². The zero-order valence-electron chi connectivity index (χ0n) is 21.3. The fraction of sp³-hybridized carbons (Fsp3) is 0.333. The van der Waals surface area contributed by atoms with Gasteiger partial charge in [0.05, 0.1) is 12.0 Å². The van der Waals surface area contributed by atoms with E-state index in [0.717, 1.165) is 38.4 Å². The summed E-state index contributed by atoms with van der Waals surface area (Å²) >= 11 is 1.63. The van der Waals surface area contributed by atoms with E-state index in [9.17, 15) is 4.79 Å². The second-order valence-electron chi connectivity index (χ2n) is 9.57. The van der Waals surface area contributed by atoms with E-state index in [2.05, 4.69) is 76.2 Å². The number of fused-ring (bicyclic) bond motifs is 1. The summed E-state index contributed by atoms with van der Waals surface area (Å²) in [5.74, 6) is 1.67. The monoisotopic (exact) mass is 487 g/mol. The summed E-state index contributed by atoms with van der Waals surface area (Å²) in [5, 5.41) is 3.22. The average Bonchev–Trinajstić information content (AvgIpc) is 3.25. The molecule has 4 aromatic rings. The van der Waals surface area contributed by atoms with Crippen LogP contribution in [0.5, 0.6) is 11.6 Å². The molecule has 1 heterocycles. The van der Waals surface area contributed by atoms with Crippen molar-refractivity contribution in [2.45, 2.75) is 52.9 Å². The Morgan fingerprint density at radius 3 is 2.20 bits per heavy atom. The molecule has 0 amide bonds. The second kappa shape index (κ2) is 10.6. The van der Waals surface area contributed by atoms with E-state index in [1.54, 1.807) is 18.4 Å². The third-order valence-corrected chi connectivity index (χ3v) is 7.74. The average molecular weight is 488 g/mol. The number of hydrogen-bond acceptors (Lipinski definition) is 5. The van der Waals surface area contributed by atoms with Crippen LogP contribution in [0.15, 0.2) is 60.7 Å². The quantitative estimate of drug-likeness (QED) is 0.239. The Kier molecular flexibility index (Phi) is 7.56. The molecule has 2 atom stereocenters. The van der Waals surface area contributed by atoms with Gasteiger partial charge in [0.2, 0.25) is 5.88 Å². The molecule has 4 rings (SSSR count). The number of carbonyl (C=O) groups is 1. The molecule has 0 saturated heterocycles. The zero-order valence-corrected chi connectivity index (χ0v) is 22.1. The van der Waals surface area contributed by atoms with Crippen molar-refractivity contribution in [2.75, 3.05) is 7.11 Å². The molecule has 0 radical (unpaired) electrons. The molecule has 0 fully saturated rings. The summed E-state index contributed by atoms with van der Waals surface area (Å²) in [5.41, 5.74) is 3.70. The normalized spacial score (nSPS) is 13.1. The second-order valence-corrected chi connectivity index (χ2v) is 10.6. The molecule has 5 heteroatoms. The van der Waals surface area contributed by atoms with E-state index in [1.165, 1.54) is 18.1 Å². The highest BCUT2D eigenvalue weighted by atomic mass is 32.1. The Bertz CT molecular complexity index is 1320. The van der Waals surface area contributed by atoms with Crippen molar-refractivity contribution in [2.24, 2.45) is 5.92 Å². The van der Waals surface area contributed by atoms with Crippen LogP contribution in [-0.4, -0.2) is 18.1 Å². The van der Waals surface area contributed by atoms with Gasteiger partial charge in [-0.25, -0.2) is 4.98 Å². The van der Waals surface area contributed by atoms with Crippen molar-refractivity contribution < 1.29 is 14.3 Å². The van der Waals surface area contributed by atoms with Crippen LogP contribution in [0.25, 0.3) is 10.8 Å². The van der Waals surface area contributed by atoms with Crippen molar-refractivity contribution in [3.63, 3.8) is 0 Å². The lowest BCUT2D eigenvalue weighted by Crippen LogP contribution is -2.05. The minimum Gasteiger partial charge on any atom is -0.497 e. The molecule has 0 aliphatic rings. The van der Waals surface area contributed by atoms with Crippen LogP contribution >= 0.6 is 11.3 Å². The molecule has 0 bridgehead atoms. The highest BCUT2D eigenvalue weighted by molar-refractivity contribution is 7.12. The first kappa shape index (κ1) is 24.9. The number of nitrogens with zero attached hydrogens (tertiary/aromatic N) is 1. The summed E-state index contributed by atoms with van der Waals surface area (Å²) < 4.78 is 10.9. The third kappa shape index (κ3) is 5.73. The maximum Gasteiger partial charge on any atom is 0.309 e. The minimum atomic E-state index is -0.355. The molecule has 0 aliphatic carbocycles. The summed E-state index contributed by atoms with van der Waals surface area (Å²) in [6, 6.07) is 21.3. The van der Waals surface area contributed by atoms with E-state index in [1.807, 2.05) is 12.1 Å². The predicted octanol–water partition coefficient (Wildman–Crippen LogP) is 7.73. The van der Waals surface area contributed by atoms with Crippen LogP contribution in [0.3, 0.4) is 0 Å². The van der Waals surface area contributed by atoms with Crippen LogP contribution in [0.2, 0.25) is 0 Å². The highest BCUT2D eigenvalue weighted by Gasteiger charge is 2.24. The van der Waals surface area contributed by atoms with E-state index in [0.29, 0.717) is 11.8 Å². The van der Waals surface area contributed by atoms with E-state index < -0.39 is 0 Å². The highest BCUT2D eigenvalue weighted by Crippen LogP contribution is 2.41. The molecule has 0 N–H and O–H groups in total. The van der Waals surface area contributed by atoms with Crippen molar-refractivity contribution >= 4 is 28.1 Å². The Morgan fingerprint density at radius 2 is 1.54 bits per heavy atom. The summed E-state index contributed by atoms with van der Waals surface area (Å²) in [6.45, 7) is 10.2. The maximum atomic E-state index is 11.9. The Hall–Kier alpha value is -3.18. The molecular formula is C30H33NO3S. The molecule has 35 heavy (non-hydrogen) atoms. The molecule has 2 unspecified atom stereocenters. The predicted molar refractivity (Wildman–Crippen MR) is 144 cm³/mol. The first-order valence-electron chi connectivity index (χ1n) is 12.1. The van der Waals surface area contributed by atoms with Crippen molar-refractivity contribution in [1.29, 1.82) is 0 Å². The molecule has 1 aromatic heterocycles. The standard InChI is InChI=1S/C30H33NO3S/c1-18(2)15-22-7-9-23(10-8-22)20(4)30-31-29(34-21(5)32)28(35-30)19(3)24-11-12-26-17-27(33-6)14-13-25(26)16-24/h7-14,16-20H,15H2,1-6H3. The number of esters is 1. The van der Waals surface area contributed by atoms with Gasteiger partial charge in [-0.05, 0) is 51.9 Å². The number of thiazole rings is 1. The molecule has 3 aromatic carbocycles. The molecule has 0 spiro atoms. The number of carbonyl (C=O) groups excluding carboxylic acids is 1. The number of rotatable bonds is 8. The van der Waals surface area contributed by atoms with E-state index in [-0.39, 0.29) is 17.8 Å². The van der Waals surface area contributed by atoms with Gasteiger partial charge < -0.3 is 9.47 Å². The summed E-state index contributed by atoms with van der Waals surface area (Å²) in [6.07, 6.45) is 1.07. The van der Waals surface area contributed by atoms with E-state index >= 15 is 0 Å². The van der Waals surface area contributed by atoms with Gasteiger partial charge in [0, 0.05) is 18.8 Å². The van der Waals surface area contributed by atoms with Gasteiger partial charge in [0.15, 0.2) is 0 Å². The van der Waals surface area contributed by atoms with Crippen LogP contribution in [0.1, 0.15) is 73.0 Å². The lowest BCUT2D eigenvalue weighted by atomic mass is 9.96.